The van der Waals surface area contributed by atoms with Crippen LogP contribution in [0, 0.1) is 0 Å². The first-order valence-electron chi connectivity index (χ1n) is 6.44. The summed E-state index contributed by atoms with van der Waals surface area (Å²) in [5.74, 6) is -0.197. The third-order valence-electron chi connectivity index (χ3n) is 2.72. The number of benzene rings is 2. The van der Waals surface area contributed by atoms with Crippen LogP contribution >= 0.6 is 0 Å². The van der Waals surface area contributed by atoms with Gasteiger partial charge in [-0.25, -0.2) is 0 Å². The van der Waals surface area contributed by atoms with Crippen molar-refractivity contribution in [2.45, 2.75) is 19.4 Å². The van der Waals surface area contributed by atoms with Gasteiger partial charge in [-0.3, -0.25) is 4.79 Å². The molecule has 0 heterocycles. The summed E-state index contributed by atoms with van der Waals surface area (Å²) in [6, 6.07) is 17.3. The quantitative estimate of drug-likeness (QED) is 0.841. The van der Waals surface area contributed by atoms with Crippen molar-refractivity contribution in [2.24, 2.45) is 0 Å². The number of para-hydroxylation sites is 1. The third kappa shape index (κ3) is 4.31. The Morgan fingerprint density at radius 1 is 1.10 bits per heavy atom. The second-order valence-corrected chi connectivity index (χ2v) is 4.54. The second-order valence-electron chi connectivity index (χ2n) is 4.54. The highest BCUT2D eigenvalue weighted by atomic mass is 16.5. The molecule has 0 aliphatic heterocycles. The highest BCUT2D eigenvalue weighted by Crippen LogP contribution is 2.20. The van der Waals surface area contributed by atoms with Crippen molar-refractivity contribution in [3.05, 3.63) is 54.6 Å². The van der Waals surface area contributed by atoms with Gasteiger partial charge in [-0.1, -0.05) is 18.2 Å². The first kappa shape index (κ1) is 13.9. The van der Waals surface area contributed by atoms with E-state index in [0.717, 1.165) is 11.4 Å². The summed E-state index contributed by atoms with van der Waals surface area (Å²) in [5, 5.41) is 11.9. The van der Waals surface area contributed by atoms with E-state index in [0.29, 0.717) is 5.75 Å². The number of hydrogen-bond acceptors (Lipinski definition) is 3. The summed E-state index contributed by atoms with van der Waals surface area (Å²) in [7, 11) is 0. The van der Waals surface area contributed by atoms with Gasteiger partial charge < -0.3 is 15.2 Å². The van der Waals surface area contributed by atoms with Crippen molar-refractivity contribution in [3.8, 4) is 5.75 Å². The summed E-state index contributed by atoms with van der Waals surface area (Å²) in [6.07, 6.45) is -0.357. The van der Waals surface area contributed by atoms with Gasteiger partial charge in [-0.2, -0.15) is 0 Å². The van der Waals surface area contributed by atoms with Gasteiger partial charge in [0.15, 0.2) is 0 Å². The summed E-state index contributed by atoms with van der Waals surface area (Å²) in [4.78, 5) is 10.6. The monoisotopic (exact) mass is 271 g/mol. The Hall–Kier alpha value is -2.49. The second kappa shape index (κ2) is 6.61. The minimum Gasteiger partial charge on any atom is -0.490 e. The summed E-state index contributed by atoms with van der Waals surface area (Å²) in [6.45, 7) is 1.74. The van der Waals surface area contributed by atoms with Gasteiger partial charge in [0, 0.05) is 11.4 Å². The smallest absolute Gasteiger partial charge is 0.307 e. The van der Waals surface area contributed by atoms with Crippen LogP contribution in [0.1, 0.15) is 13.3 Å². The zero-order chi connectivity index (χ0) is 14.4. The Morgan fingerprint density at radius 3 is 2.30 bits per heavy atom. The van der Waals surface area contributed by atoms with Crippen molar-refractivity contribution in [2.75, 3.05) is 5.32 Å². The van der Waals surface area contributed by atoms with Crippen LogP contribution in [0.15, 0.2) is 54.6 Å². The lowest BCUT2D eigenvalue weighted by Crippen LogP contribution is -2.16. The van der Waals surface area contributed by atoms with E-state index in [-0.39, 0.29) is 12.5 Å². The average molecular weight is 271 g/mol. The molecule has 104 valence electrons. The molecule has 0 aliphatic rings. The van der Waals surface area contributed by atoms with Gasteiger partial charge in [0.2, 0.25) is 0 Å². The summed E-state index contributed by atoms with van der Waals surface area (Å²) < 4.78 is 5.52. The van der Waals surface area contributed by atoms with E-state index in [1.807, 2.05) is 54.6 Å². The number of hydrogen-bond donors (Lipinski definition) is 2. The molecule has 20 heavy (non-hydrogen) atoms. The Kier molecular flexibility index (Phi) is 4.60. The molecule has 4 nitrogen and oxygen atoms in total. The van der Waals surface area contributed by atoms with Gasteiger partial charge in [0.25, 0.3) is 0 Å². The predicted molar refractivity (Wildman–Crippen MR) is 78.5 cm³/mol. The molecule has 2 aromatic carbocycles. The maximum Gasteiger partial charge on any atom is 0.307 e. The van der Waals surface area contributed by atoms with Crippen LogP contribution in [-0.2, 0) is 4.79 Å². The van der Waals surface area contributed by atoms with E-state index in [1.54, 1.807) is 6.92 Å². The molecule has 2 aromatic rings. The van der Waals surface area contributed by atoms with Crippen LogP contribution in [-0.4, -0.2) is 17.2 Å². The van der Waals surface area contributed by atoms with Gasteiger partial charge in [-0.05, 0) is 43.3 Å². The average Bonchev–Trinajstić information content (AvgIpc) is 2.41. The van der Waals surface area contributed by atoms with Crippen LogP contribution < -0.4 is 10.1 Å². The predicted octanol–water partition coefficient (Wildman–Crippen LogP) is 3.67. The van der Waals surface area contributed by atoms with Gasteiger partial charge in [0.05, 0.1) is 6.42 Å². The van der Waals surface area contributed by atoms with E-state index in [1.165, 1.54) is 0 Å². The van der Waals surface area contributed by atoms with Crippen molar-refractivity contribution >= 4 is 17.3 Å². The van der Waals surface area contributed by atoms with Crippen molar-refractivity contribution in [1.82, 2.24) is 0 Å². The lowest BCUT2D eigenvalue weighted by Gasteiger charge is -2.13. The maximum absolute atomic E-state index is 10.6. The van der Waals surface area contributed by atoms with Crippen LogP contribution in [0.25, 0.3) is 0 Å². The van der Waals surface area contributed by atoms with Crippen LogP contribution in [0.5, 0.6) is 5.75 Å². The Bertz CT molecular complexity index is 552. The van der Waals surface area contributed by atoms with Crippen LogP contribution in [0.2, 0.25) is 0 Å². The highest BCUT2D eigenvalue weighted by molar-refractivity contribution is 5.67. The fourth-order valence-electron chi connectivity index (χ4n) is 1.82. The molecule has 2 N–H and O–H groups in total. The number of carboxylic acid groups (broad SMARTS) is 1. The lowest BCUT2D eigenvalue weighted by molar-refractivity contribution is -0.138. The van der Waals surface area contributed by atoms with Crippen molar-refractivity contribution in [1.29, 1.82) is 0 Å². The molecule has 0 amide bonds. The zero-order valence-electron chi connectivity index (χ0n) is 11.2. The number of ether oxygens (including phenoxy) is 1. The Labute approximate surface area is 118 Å². The molecular weight excluding hydrogens is 254 g/mol. The van der Waals surface area contributed by atoms with Crippen LogP contribution in [0.3, 0.4) is 0 Å². The van der Waals surface area contributed by atoms with Gasteiger partial charge >= 0.3 is 5.97 Å². The third-order valence-corrected chi connectivity index (χ3v) is 2.72. The van der Waals surface area contributed by atoms with Crippen molar-refractivity contribution in [3.63, 3.8) is 0 Å². The molecule has 1 unspecified atom stereocenters. The zero-order valence-corrected chi connectivity index (χ0v) is 11.2. The standard InChI is InChI=1S/C16H17NO3/c1-12(11-16(18)19)20-15-9-7-14(8-10-15)17-13-5-3-2-4-6-13/h2-10,12,17H,11H2,1H3,(H,18,19). The molecule has 0 bridgehead atoms. The maximum atomic E-state index is 10.6. The van der Waals surface area contributed by atoms with Crippen LogP contribution in [0.4, 0.5) is 11.4 Å². The molecule has 1 atom stereocenters. The lowest BCUT2D eigenvalue weighted by atomic mass is 10.2. The van der Waals surface area contributed by atoms with E-state index in [2.05, 4.69) is 5.32 Å². The molecule has 0 aliphatic carbocycles. The van der Waals surface area contributed by atoms with E-state index >= 15 is 0 Å². The number of carbonyl (C=O) groups is 1. The number of carboxylic acids is 1. The molecular formula is C16H17NO3. The number of rotatable bonds is 6. The normalized spacial score (nSPS) is 11.7. The van der Waals surface area contributed by atoms with Gasteiger partial charge in [-0.15, -0.1) is 0 Å². The largest absolute Gasteiger partial charge is 0.490 e. The summed E-state index contributed by atoms with van der Waals surface area (Å²) in [5.41, 5.74) is 1.97. The number of anilines is 2. The molecule has 0 saturated heterocycles. The van der Waals surface area contributed by atoms with E-state index in [9.17, 15) is 4.79 Å². The van der Waals surface area contributed by atoms with Crippen molar-refractivity contribution < 1.29 is 14.6 Å². The fraction of sp³-hybridized carbons (Fsp3) is 0.188. The first-order chi connectivity index (χ1) is 9.63. The highest BCUT2D eigenvalue weighted by Gasteiger charge is 2.08. The van der Waals surface area contributed by atoms with E-state index < -0.39 is 5.97 Å². The molecule has 4 heteroatoms. The molecule has 2 rings (SSSR count). The molecule has 0 aromatic heterocycles. The van der Waals surface area contributed by atoms with Gasteiger partial charge in [0.1, 0.15) is 11.9 Å². The fourth-order valence-corrected chi connectivity index (χ4v) is 1.82. The molecule has 0 radical (unpaired) electrons. The molecule has 0 saturated carbocycles. The SMILES string of the molecule is CC(CC(=O)O)Oc1ccc(Nc2ccccc2)cc1. The first-order valence-corrected chi connectivity index (χ1v) is 6.44. The number of nitrogens with one attached hydrogen (secondary N) is 1. The number of aliphatic carboxylic acids is 1. The summed E-state index contributed by atoms with van der Waals surface area (Å²) >= 11 is 0. The van der Waals surface area contributed by atoms with E-state index in [4.69, 9.17) is 9.84 Å². The molecule has 0 spiro atoms. The molecule has 0 fully saturated rings. The minimum absolute atomic E-state index is 0.00990. The topological polar surface area (TPSA) is 58.6 Å². The Morgan fingerprint density at radius 2 is 1.70 bits per heavy atom. The minimum atomic E-state index is -0.861. The Balaban J connectivity index is 1.94.